The number of aromatic nitrogens is 4. The summed E-state index contributed by atoms with van der Waals surface area (Å²) in [7, 11) is 1.35. The molecule has 10 heteroatoms. The molecule has 0 saturated heterocycles. The van der Waals surface area contributed by atoms with Crippen molar-refractivity contribution in [3.8, 4) is 23.0 Å². The summed E-state index contributed by atoms with van der Waals surface area (Å²) in [6.45, 7) is 0.676. The Bertz CT molecular complexity index is 893. The minimum atomic E-state index is -2.95. The number of methoxy groups -OCH3 is 1. The Morgan fingerprint density at radius 2 is 2.00 bits per heavy atom. The number of rotatable bonds is 6. The number of hydrogen-bond acceptors (Lipinski definition) is 6. The molecule has 0 aliphatic carbocycles. The van der Waals surface area contributed by atoms with Gasteiger partial charge in [0.05, 0.1) is 17.8 Å². The second-order valence-electron chi connectivity index (χ2n) is 5.41. The molecule has 3 rings (SSSR count). The van der Waals surface area contributed by atoms with E-state index in [9.17, 15) is 8.78 Å². The summed E-state index contributed by atoms with van der Waals surface area (Å²) in [5.41, 5.74) is 1.20. The Morgan fingerprint density at radius 3 is 2.62 bits per heavy atom. The van der Waals surface area contributed by atoms with E-state index in [0.717, 1.165) is 0 Å². The molecule has 0 aliphatic rings. The maximum absolute atomic E-state index is 12.4. The monoisotopic (exact) mass is 384 g/mol. The predicted octanol–water partition coefficient (Wildman–Crippen LogP) is 4.11. The van der Waals surface area contributed by atoms with E-state index in [-0.39, 0.29) is 23.4 Å². The molecule has 2 aromatic heterocycles. The van der Waals surface area contributed by atoms with Gasteiger partial charge < -0.3 is 13.9 Å². The topological polar surface area (TPSA) is 75.2 Å². The van der Waals surface area contributed by atoms with E-state index in [4.69, 9.17) is 20.8 Å². The Balaban J connectivity index is 1.87. The normalized spacial score (nSPS) is 12.4. The molecule has 0 saturated carbocycles. The van der Waals surface area contributed by atoms with Crippen molar-refractivity contribution in [2.24, 2.45) is 0 Å². The number of ether oxygens (including phenoxy) is 2. The standard InChI is InChI=1S/C16H15ClF2N4O3/c1-8-11(17)7-23(22-8)9(2)14-20-21-15(26-14)10-4-5-12(25-16(18)19)13(6-10)24-3/h4-7,9,16H,1-3H3. The summed E-state index contributed by atoms with van der Waals surface area (Å²) >= 11 is 6.02. The van der Waals surface area contributed by atoms with Crippen LogP contribution in [0.1, 0.15) is 24.6 Å². The number of alkyl halides is 2. The lowest BCUT2D eigenvalue weighted by Crippen LogP contribution is -2.07. The highest BCUT2D eigenvalue weighted by Gasteiger charge is 2.20. The van der Waals surface area contributed by atoms with Crippen LogP contribution in [0.2, 0.25) is 5.02 Å². The summed E-state index contributed by atoms with van der Waals surface area (Å²) in [4.78, 5) is 0. The van der Waals surface area contributed by atoms with Gasteiger partial charge in [0.15, 0.2) is 11.5 Å². The smallest absolute Gasteiger partial charge is 0.387 e. The van der Waals surface area contributed by atoms with Gasteiger partial charge in [-0.15, -0.1) is 10.2 Å². The van der Waals surface area contributed by atoms with Crippen LogP contribution < -0.4 is 9.47 Å². The van der Waals surface area contributed by atoms with E-state index in [1.807, 2.05) is 6.92 Å². The first-order valence-electron chi connectivity index (χ1n) is 7.57. The molecule has 0 fully saturated rings. The Morgan fingerprint density at radius 1 is 1.23 bits per heavy atom. The molecule has 1 aromatic carbocycles. The van der Waals surface area contributed by atoms with Crippen molar-refractivity contribution in [1.82, 2.24) is 20.0 Å². The molecule has 2 heterocycles. The van der Waals surface area contributed by atoms with Crippen LogP contribution in [0, 0.1) is 6.92 Å². The summed E-state index contributed by atoms with van der Waals surface area (Å²) in [5.74, 6) is 0.584. The Hall–Kier alpha value is -2.68. The molecule has 3 aromatic rings. The van der Waals surface area contributed by atoms with Crippen molar-refractivity contribution < 1.29 is 22.7 Å². The summed E-state index contributed by atoms with van der Waals surface area (Å²) in [5, 5.41) is 12.8. The summed E-state index contributed by atoms with van der Waals surface area (Å²) in [6.07, 6.45) is 1.67. The van der Waals surface area contributed by atoms with Crippen LogP contribution >= 0.6 is 11.6 Å². The summed E-state index contributed by atoms with van der Waals surface area (Å²) < 4.78 is 41.6. The maximum atomic E-state index is 12.4. The van der Waals surface area contributed by atoms with Crippen molar-refractivity contribution >= 4 is 11.6 Å². The second kappa shape index (κ2) is 7.28. The quantitative estimate of drug-likeness (QED) is 0.636. The van der Waals surface area contributed by atoms with Crippen LogP contribution in [0.15, 0.2) is 28.8 Å². The molecular weight excluding hydrogens is 370 g/mol. The van der Waals surface area contributed by atoms with Crippen LogP contribution in [0.25, 0.3) is 11.5 Å². The van der Waals surface area contributed by atoms with E-state index >= 15 is 0 Å². The number of benzene rings is 1. The maximum Gasteiger partial charge on any atom is 0.387 e. The molecule has 7 nitrogen and oxygen atoms in total. The first kappa shape index (κ1) is 18.1. The van der Waals surface area contributed by atoms with Gasteiger partial charge in [-0.1, -0.05) is 11.6 Å². The molecule has 0 N–H and O–H groups in total. The van der Waals surface area contributed by atoms with E-state index < -0.39 is 6.61 Å². The number of aryl methyl sites for hydroxylation is 1. The molecule has 138 valence electrons. The molecular formula is C16H15ClF2N4O3. The highest BCUT2D eigenvalue weighted by molar-refractivity contribution is 6.31. The average molecular weight is 385 g/mol. The van der Waals surface area contributed by atoms with Gasteiger partial charge in [-0.05, 0) is 32.0 Å². The predicted molar refractivity (Wildman–Crippen MR) is 88.7 cm³/mol. The second-order valence-corrected chi connectivity index (χ2v) is 5.82. The lowest BCUT2D eigenvalue weighted by molar-refractivity contribution is -0.0512. The molecule has 0 amide bonds. The molecule has 0 radical (unpaired) electrons. The van der Waals surface area contributed by atoms with Gasteiger partial charge in [0, 0.05) is 11.8 Å². The van der Waals surface area contributed by atoms with E-state index in [1.165, 1.54) is 25.3 Å². The average Bonchev–Trinajstić information content (AvgIpc) is 3.22. The van der Waals surface area contributed by atoms with Crippen molar-refractivity contribution in [3.63, 3.8) is 0 Å². The van der Waals surface area contributed by atoms with E-state index in [1.54, 1.807) is 17.8 Å². The van der Waals surface area contributed by atoms with E-state index in [0.29, 0.717) is 22.2 Å². The highest BCUT2D eigenvalue weighted by atomic mass is 35.5. The zero-order valence-electron chi connectivity index (χ0n) is 14.1. The van der Waals surface area contributed by atoms with Gasteiger partial charge in [-0.25, -0.2) is 0 Å². The lowest BCUT2D eigenvalue weighted by atomic mass is 10.2. The van der Waals surface area contributed by atoms with Crippen LogP contribution in [-0.4, -0.2) is 33.7 Å². The number of nitrogens with zero attached hydrogens (tertiary/aromatic N) is 4. The van der Waals surface area contributed by atoms with Crippen LogP contribution in [-0.2, 0) is 0 Å². The van der Waals surface area contributed by atoms with Gasteiger partial charge in [0.1, 0.15) is 6.04 Å². The van der Waals surface area contributed by atoms with Gasteiger partial charge in [0.25, 0.3) is 0 Å². The van der Waals surface area contributed by atoms with Crippen molar-refractivity contribution in [2.45, 2.75) is 26.5 Å². The van der Waals surface area contributed by atoms with Gasteiger partial charge in [-0.2, -0.15) is 13.9 Å². The largest absolute Gasteiger partial charge is 0.493 e. The Labute approximate surface area is 152 Å². The fraction of sp³-hybridized carbons (Fsp3) is 0.312. The van der Waals surface area contributed by atoms with Gasteiger partial charge in [0.2, 0.25) is 11.8 Å². The van der Waals surface area contributed by atoms with Gasteiger partial charge in [-0.3, -0.25) is 4.68 Å². The van der Waals surface area contributed by atoms with Crippen LogP contribution in [0.3, 0.4) is 0 Å². The first-order chi connectivity index (χ1) is 12.4. The SMILES string of the molecule is COc1cc(-c2nnc(C(C)n3cc(Cl)c(C)n3)o2)ccc1OC(F)F. The minimum absolute atomic E-state index is 0.0824. The zero-order valence-corrected chi connectivity index (χ0v) is 14.9. The minimum Gasteiger partial charge on any atom is -0.493 e. The van der Waals surface area contributed by atoms with Crippen molar-refractivity contribution in [1.29, 1.82) is 0 Å². The number of hydrogen-bond donors (Lipinski definition) is 0. The first-order valence-corrected chi connectivity index (χ1v) is 7.94. The van der Waals surface area contributed by atoms with E-state index in [2.05, 4.69) is 20.0 Å². The molecule has 0 spiro atoms. The number of halogens is 3. The third-order valence-electron chi connectivity index (χ3n) is 3.68. The molecule has 26 heavy (non-hydrogen) atoms. The molecule has 0 aliphatic heterocycles. The third-order valence-corrected chi connectivity index (χ3v) is 4.05. The van der Waals surface area contributed by atoms with Crippen LogP contribution in [0.5, 0.6) is 11.5 Å². The Kier molecular flexibility index (Phi) is 5.08. The molecule has 1 atom stereocenters. The summed E-state index contributed by atoms with van der Waals surface area (Å²) in [6, 6.07) is 4.03. The highest BCUT2D eigenvalue weighted by Crippen LogP contribution is 2.33. The van der Waals surface area contributed by atoms with Crippen LogP contribution in [0.4, 0.5) is 8.78 Å². The molecule has 0 bridgehead atoms. The fourth-order valence-corrected chi connectivity index (χ4v) is 2.42. The van der Waals surface area contributed by atoms with Crippen molar-refractivity contribution in [2.75, 3.05) is 7.11 Å². The van der Waals surface area contributed by atoms with Crippen molar-refractivity contribution in [3.05, 3.63) is 41.0 Å². The molecule has 1 unspecified atom stereocenters. The third kappa shape index (κ3) is 3.62. The fourth-order valence-electron chi connectivity index (χ4n) is 2.28. The zero-order chi connectivity index (χ0) is 18.8. The lowest BCUT2D eigenvalue weighted by Gasteiger charge is -2.10. The van der Waals surface area contributed by atoms with Gasteiger partial charge >= 0.3 is 6.61 Å².